The fourth-order valence-electron chi connectivity index (χ4n) is 2.50. The molecule has 6 heteroatoms. The number of aliphatic imine (C=N–C) groups is 2. The van der Waals surface area contributed by atoms with Crippen molar-refractivity contribution in [1.82, 2.24) is 5.32 Å². The van der Waals surface area contributed by atoms with Gasteiger partial charge in [-0.1, -0.05) is 20.8 Å². The van der Waals surface area contributed by atoms with Crippen LogP contribution in [0.2, 0.25) is 0 Å². The Morgan fingerprint density at radius 1 is 1.40 bits per heavy atom. The third-order valence-corrected chi connectivity index (χ3v) is 5.23. The largest absolute Gasteiger partial charge is 0.386 e. The van der Waals surface area contributed by atoms with Gasteiger partial charge in [0.25, 0.3) is 0 Å². The van der Waals surface area contributed by atoms with Crippen LogP contribution in [-0.4, -0.2) is 36.2 Å². The van der Waals surface area contributed by atoms with E-state index in [2.05, 4.69) is 36.1 Å². The fraction of sp³-hybridized carbons (Fsp3) is 0.714. The normalized spacial score (nSPS) is 27.6. The molecule has 0 amide bonds. The highest BCUT2D eigenvalue weighted by atomic mass is 32.2. The SMILES string of the molecule is CCC1CC(SC2CN=C(N)N=C2N)=C(C(C)C)CN1. The van der Waals surface area contributed by atoms with E-state index in [4.69, 9.17) is 11.5 Å². The smallest absolute Gasteiger partial charge is 0.217 e. The Morgan fingerprint density at radius 2 is 2.15 bits per heavy atom. The van der Waals surface area contributed by atoms with E-state index in [1.54, 1.807) is 0 Å². The first-order valence-corrected chi connectivity index (χ1v) is 8.15. The molecule has 0 bridgehead atoms. The van der Waals surface area contributed by atoms with Crippen LogP contribution in [0.15, 0.2) is 20.5 Å². The van der Waals surface area contributed by atoms with Gasteiger partial charge in [-0.05, 0) is 29.2 Å². The summed E-state index contributed by atoms with van der Waals surface area (Å²) < 4.78 is 0. The maximum Gasteiger partial charge on any atom is 0.217 e. The molecular weight excluding hydrogens is 270 g/mol. The molecule has 0 radical (unpaired) electrons. The Hall–Kier alpha value is -1.01. The van der Waals surface area contributed by atoms with Gasteiger partial charge in [-0.25, -0.2) is 4.99 Å². The highest BCUT2D eigenvalue weighted by molar-refractivity contribution is 8.04. The van der Waals surface area contributed by atoms with Gasteiger partial charge in [-0.2, -0.15) is 4.99 Å². The van der Waals surface area contributed by atoms with Crippen molar-refractivity contribution in [2.45, 2.75) is 44.9 Å². The molecule has 0 aliphatic carbocycles. The maximum absolute atomic E-state index is 6.01. The number of hydrogen-bond acceptors (Lipinski definition) is 6. The molecule has 2 aliphatic heterocycles. The summed E-state index contributed by atoms with van der Waals surface area (Å²) in [6, 6.07) is 0.565. The van der Waals surface area contributed by atoms with Crippen LogP contribution in [0, 0.1) is 5.92 Å². The molecule has 0 saturated carbocycles. The first kappa shape index (κ1) is 15.4. The highest BCUT2D eigenvalue weighted by Gasteiger charge is 2.26. The molecule has 0 saturated heterocycles. The molecule has 2 atom stereocenters. The van der Waals surface area contributed by atoms with Crippen molar-refractivity contribution in [3.63, 3.8) is 0 Å². The third kappa shape index (κ3) is 3.55. The van der Waals surface area contributed by atoms with Crippen LogP contribution in [0.1, 0.15) is 33.6 Å². The van der Waals surface area contributed by atoms with Gasteiger partial charge in [0.15, 0.2) is 0 Å². The average molecular weight is 295 g/mol. The Labute approximate surface area is 125 Å². The average Bonchev–Trinajstić information content (AvgIpc) is 2.41. The van der Waals surface area contributed by atoms with Crippen LogP contribution in [-0.2, 0) is 0 Å². The minimum absolute atomic E-state index is 0.127. The first-order chi connectivity index (χ1) is 9.51. The molecule has 0 fully saturated rings. The molecular formula is C14H25N5S. The van der Waals surface area contributed by atoms with Crippen LogP contribution in [0.5, 0.6) is 0 Å². The van der Waals surface area contributed by atoms with Crippen molar-refractivity contribution >= 4 is 23.6 Å². The van der Waals surface area contributed by atoms with E-state index < -0.39 is 0 Å². The maximum atomic E-state index is 6.01. The Balaban J connectivity index is 2.14. The monoisotopic (exact) mass is 295 g/mol. The summed E-state index contributed by atoms with van der Waals surface area (Å²) in [7, 11) is 0. The predicted octanol–water partition coefficient (Wildman–Crippen LogP) is 1.46. The third-order valence-electron chi connectivity index (χ3n) is 3.84. The van der Waals surface area contributed by atoms with E-state index in [9.17, 15) is 0 Å². The van der Waals surface area contributed by atoms with Crippen LogP contribution in [0.25, 0.3) is 0 Å². The predicted molar refractivity (Wildman–Crippen MR) is 88.1 cm³/mol. The van der Waals surface area contributed by atoms with Gasteiger partial charge >= 0.3 is 0 Å². The number of nitrogens with one attached hydrogen (secondary N) is 1. The van der Waals surface area contributed by atoms with E-state index in [-0.39, 0.29) is 5.25 Å². The molecule has 20 heavy (non-hydrogen) atoms. The summed E-state index contributed by atoms with van der Waals surface area (Å²) in [5.41, 5.74) is 13.1. The zero-order chi connectivity index (χ0) is 14.7. The van der Waals surface area contributed by atoms with E-state index in [1.165, 1.54) is 10.5 Å². The molecule has 0 aromatic heterocycles. The van der Waals surface area contributed by atoms with Crippen LogP contribution in [0.4, 0.5) is 0 Å². The van der Waals surface area contributed by atoms with E-state index >= 15 is 0 Å². The number of thioether (sulfide) groups is 1. The van der Waals surface area contributed by atoms with Crippen LogP contribution in [0.3, 0.4) is 0 Å². The van der Waals surface area contributed by atoms with E-state index in [1.807, 2.05) is 11.8 Å². The van der Waals surface area contributed by atoms with Gasteiger partial charge in [-0.3, -0.25) is 0 Å². The highest BCUT2D eigenvalue weighted by Crippen LogP contribution is 2.35. The van der Waals surface area contributed by atoms with Gasteiger partial charge in [0.1, 0.15) is 5.84 Å². The van der Waals surface area contributed by atoms with Crippen molar-refractivity contribution in [3.05, 3.63) is 10.5 Å². The zero-order valence-electron chi connectivity index (χ0n) is 12.5. The molecule has 2 heterocycles. The van der Waals surface area contributed by atoms with Crippen molar-refractivity contribution in [2.75, 3.05) is 13.1 Å². The van der Waals surface area contributed by atoms with Gasteiger partial charge < -0.3 is 16.8 Å². The summed E-state index contributed by atoms with van der Waals surface area (Å²) in [4.78, 5) is 9.77. The van der Waals surface area contributed by atoms with E-state index in [0.717, 1.165) is 19.4 Å². The molecule has 2 unspecified atom stereocenters. The Morgan fingerprint density at radius 3 is 2.75 bits per heavy atom. The number of nitrogens with zero attached hydrogens (tertiary/aromatic N) is 2. The van der Waals surface area contributed by atoms with Crippen LogP contribution < -0.4 is 16.8 Å². The minimum Gasteiger partial charge on any atom is -0.386 e. The van der Waals surface area contributed by atoms with Crippen molar-refractivity contribution in [2.24, 2.45) is 27.4 Å². The van der Waals surface area contributed by atoms with Crippen molar-refractivity contribution in [1.29, 1.82) is 0 Å². The number of rotatable bonds is 4. The second-order valence-electron chi connectivity index (χ2n) is 5.64. The minimum atomic E-state index is 0.127. The van der Waals surface area contributed by atoms with E-state index in [0.29, 0.717) is 30.3 Å². The lowest BCUT2D eigenvalue weighted by molar-refractivity contribution is 0.480. The summed E-state index contributed by atoms with van der Waals surface area (Å²) in [5.74, 6) is 1.46. The number of guanidine groups is 1. The molecule has 0 aromatic carbocycles. The molecule has 5 nitrogen and oxygen atoms in total. The van der Waals surface area contributed by atoms with Gasteiger partial charge in [0.2, 0.25) is 5.96 Å². The summed E-state index contributed by atoms with van der Waals surface area (Å²) >= 11 is 1.83. The van der Waals surface area contributed by atoms with Crippen molar-refractivity contribution < 1.29 is 0 Å². The topological polar surface area (TPSA) is 88.8 Å². The summed E-state index contributed by atoms with van der Waals surface area (Å²) in [5, 5.41) is 3.73. The standard InChI is InChI=1S/C14H25N5S/c1-4-9-5-11(10(6-17-9)8(2)3)20-12-7-18-14(16)19-13(12)15/h8-9,12,17H,4-7H2,1-3H3,(H4,15,16,18,19). The molecule has 5 N–H and O–H groups in total. The molecule has 0 aromatic rings. The molecule has 2 aliphatic rings. The number of hydrogen-bond donors (Lipinski definition) is 3. The quantitative estimate of drug-likeness (QED) is 0.732. The second kappa shape index (κ2) is 6.63. The second-order valence-corrected chi connectivity index (χ2v) is 6.93. The van der Waals surface area contributed by atoms with Gasteiger partial charge in [0, 0.05) is 12.6 Å². The lowest BCUT2D eigenvalue weighted by Gasteiger charge is -2.31. The lowest BCUT2D eigenvalue weighted by Crippen LogP contribution is -2.38. The Kier molecular flexibility index (Phi) is 5.10. The number of nitrogens with two attached hydrogens (primary N) is 2. The fourth-order valence-corrected chi connectivity index (χ4v) is 3.92. The van der Waals surface area contributed by atoms with Crippen molar-refractivity contribution in [3.8, 4) is 0 Å². The summed E-state index contributed by atoms with van der Waals surface area (Å²) in [6.45, 7) is 8.33. The molecule has 0 spiro atoms. The van der Waals surface area contributed by atoms with Gasteiger partial charge in [-0.15, -0.1) is 11.8 Å². The van der Waals surface area contributed by atoms with Crippen LogP contribution >= 0.6 is 11.8 Å². The number of amidine groups is 1. The molecule has 2 rings (SSSR count). The summed E-state index contributed by atoms with van der Waals surface area (Å²) in [6.07, 6.45) is 2.23. The Bertz CT molecular complexity index is 452. The zero-order valence-corrected chi connectivity index (χ0v) is 13.3. The van der Waals surface area contributed by atoms with Gasteiger partial charge in [0.05, 0.1) is 11.8 Å². The first-order valence-electron chi connectivity index (χ1n) is 7.27. The lowest BCUT2D eigenvalue weighted by atomic mass is 9.95. The molecule has 112 valence electrons.